The summed E-state index contributed by atoms with van der Waals surface area (Å²) < 4.78 is 58.7. The lowest BCUT2D eigenvalue weighted by molar-refractivity contribution is -0.314. The van der Waals surface area contributed by atoms with E-state index in [1.807, 2.05) is 82.4 Å². The zero-order chi connectivity index (χ0) is 39.2. The van der Waals surface area contributed by atoms with Crippen molar-refractivity contribution in [3.05, 3.63) is 23.0 Å². The molecule has 0 aliphatic carbocycles. The van der Waals surface area contributed by atoms with Gasteiger partial charge in [0.1, 0.15) is 18.0 Å². The minimum atomic E-state index is -0.981. The molecule has 3 fully saturated rings. The third-order valence-electron chi connectivity index (χ3n) is 12.4. The van der Waals surface area contributed by atoms with Gasteiger partial charge in [-0.1, -0.05) is 13.8 Å². The van der Waals surface area contributed by atoms with Gasteiger partial charge in [0.25, 0.3) is 6.02 Å². The van der Waals surface area contributed by atoms with Gasteiger partial charge in [-0.05, 0) is 92.4 Å². The molecule has 0 aromatic rings. The molecular formula is C40H66N2O11. The molecule has 53 heavy (non-hydrogen) atoms. The van der Waals surface area contributed by atoms with E-state index in [1.165, 1.54) is 0 Å². The summed E-state index contributed by atoms with van der Waals surface area (Å²) in [5.74, 6) is -0.972. The standard InChI is InChI=1S/C40H66N2O11/c1-15-28-38(9)18-21(3)30(53-38)22(4)19-40(11,46-14)34(52-36-32-27(17-23(5)47-36)42(12)37(51-32)41-16-2)24(6)31(25(7)35(44)49-28)50-29-20-39(10,45-13)33(43)26(8)48-29/h18,23-29,31-34,36,43H,15-17,19-20H2,1-14H3/t23-,24+,25-,26+,27+,28-,29+,31+,32-,33+,34-,36+,38+,39-,40+/m1/s1. The van der Waals surface area contributed by atoms with Gasteiger partial charge in [-0.2, -0.15) is 0 Å². The van der Waals surface area contributed by atoms with Crippen LogP contribution in [0.4, 0.5) is 0 Å². The Morgan fingerprint density at radius 2 is 1.68 bits per heavy atom. The summed E-state index contributed by atoms with van der Waals surface area (Å²) >= 11 is 0. The van der Waals surface area contributed by atoms with Gasteiger partial charge in [0.05, 0.1) is 47.6 Å². The number of allylic oxidation sites excluding steroid dienone is 1. The van der Waals surface area contributed by atoms with Crippen LogP contribution in [0.2, 0.25) is 0 Å². The van der Waals surface area contributed by atoms with Gasteiger partial charge in [0.15, 0.2) is 24.3 Å². The first-order valence-corrected chi connectivity index (χ1v) is 19.5. The van der Waals surface area contributed by atoms with Crippen LogP contribution in [-0.2, 0) is 47.4 Å². The second kappa shape index (κ2) is 16.1. The van der Waals surface area contributed by atoms with E-state index in [1.54, 1.807) is 21.1 Å². The molecule has 2 bridgehead atoms. The fourth-order valence-corrected chi connectivity index (χ4v) is 9.17. The van der Waals surface area contributed by atoms with Gasteiger partial charge in [-0.15, -0.1) is 0 Å². The highest BCUT2D eigenvalue weighted by molar-refractivity contribution is 5.76. The lowest BCUT2D eigenvalue weighted by Crippen LogP contribution is -2.60. The van der Waals surface area contributed by atoms with Crippen LogP contribution in [0.15, 0.2) is 28.0 Å². The maximum absolute atomic E-state index is 14.4. The number of carbonyl (C=O) groups is 1. The van der Waals surface area contributed by atoms with Crippen LogP contribution in [0.1, 0.15) is 102 Å². The number of cyclic esters (lactones) is 1. The topological polar surface area (TPSA) is 136 Å². The van der Waals surface area contributed by atoms with Gasteiger partial charge in [-0.3, -0.25) is 4.79 Å². The van der Waals surface area contributed by atoms with Crippen LogP contribution in [0.5, 0.6) is 0 Å². The number of hydrogen-bond donors (Lipinski definition) is 1. The molecule has 0 aromatic heterocycles. The number of fused-ring (bicyclic) bond motifs is 3. The number of rotatable bonds is 8. The molecule has 0 unspecified atom stereocenters. The van der Waals surface area contributed by atoms with Crippen LogP contribution in [0, 0.1) is 11.8 Å². The lowest BCUT2D eigenvalue weighted by atomic mass is 9.78. The zero-order valence-electron chi connectivity index (χ0n) is 34.5. The Morgan fingerprint density at radius 3 is 2.30 bits per heavy atom. The zero-order valence-corrected chi connectivity index (χ0v) is 34.5. The summed E-state index contributed by atoms with van der Waals surface area (Å²) in [5, 5.41) is 11.0. The van der Waals surface area contributed by atoms with Crippen LogP contribution >= 0.6 is 0 Å². The van der Waals surface area contributed by atoms with Crippen LogP contribution in [-0.4, -0.2) is 128 Å². The average Bonchev–Trinajstić information content (AvgIpc) is 3.60. The SMILES string of the molecule is CCN=C1O[C@H]2[C@H](O[C@@H]3[C@@H](C)[C@H](O[C@H]4C[C@@](C)(OC)[C@@H](O)[C@H](C)O4)[C@@H](C)C(=O)O[C@H](CC)[C@]4(C)C=C(C)C(=C(C)C[C@]3(C)OC)O4)O[C@H](C)C[C@@H]2N1C. The average molecular weight is 751 g/mol. The fraction of sp³-hybridized carbons (Fsp3) is 0.850. The number of aliphatic hydroxyl groups is 1. The largest absolute Gasteiger partial charge is 0.479 e. The predicted octanol–water partition coefficient (Wildman–Crippen LogP) is 5.28. The summed E-state index contributed by atoms with van der Waals surface area (Å²) in [6, 6.07) is 0.543. The molecule has 5 aliphatic rings. The van der Waals surface area contributed by atoms with Gasteiger partial charge < -0.3 is 52.6 Å². The van der Waals surface area contributed by atoms with Crippen molar-refractivity contribution in [2.24, 2.45) is 16.8 Å². The van der Waals surface area contributed by atoms with Crippen LogP contribution < -0.4 is 0 Å². The summed E-state index contributed by atoms with van der Waals surface area (Å²) in [5.41, 5.74) is -0.850. The van der Waals surface area contributed by atoms with E-state index < -0.39 is 83.8 Å². The van der Waals surface area contributed by atoms with Crippen molar-refractivity contribution in [2.45, 2.75) is 180 Å². The molecule has 0 aromatic carbocycles. The smallest absolute Gasteiger partial charge is 0.311 e. The van der Waals surface area contributed by atoms with E-state index in [4.69, 9.17) is 42.6 Å². The fourth-order valence-electron chi connectivity index (χ4n) is 9.17. The van der Waals surface area contributed by atoms with Crippen molar-refractivity contribution < 1.29 is 52.5 Å². The number of amidine groups is 1. The van der Waals surface area contributed by atoms with Crippen molar-refractivity contribution in [1.29, 1.82) is 0 Å². The van der Waals surface area contributed by atoms with Crippen LogP contribution in [0.3, 0.4) is 0 Å². The van der Waals surface area contributed by atoms with E-state index in [0.29, 0.717) is 25.4 Å². The Morgan fingerprint density at radius 1 is 1.00 bits per heavy atom. The van der Waals surface area contributed by atoms with Crippen molar-refractivity contribution in [3.8, 4) is 0 Å². The number of likely N-dealkylation sites (N-methyl/N-ethyl adjacent to an activating group) is 1. The van der Waals surface area contributed by atoms with E-state index in [-0.39, 0.29) is 18.6 Å². The molecule has 5 heterocycles. The van der Waals surface area contributed by atoms with E-state index in [0.717, 1.165) is 23.3 Å². The first-order valence-electron chi connectivity index (χ1n) is 19.5. The van der Waals surface area contributed by atoms with E-state index >= 15 is 0 Å². The lowest BCUT2D eigenvalue weighted by Gasteiger charge is -2.48. The van der Waals surface area contributed by atoms with Gasteiger partial charge >= 0.3 is 5.97 Å². The second-order valence-corrected chi connectivity index (χ2v) is 16.6. The minimum Gasteiger partial charge on any atom is -0.479 e. The summed E-state index contributed by atoms with van der Waals surface area (Å²) in [6.07, 6.45) is -1.73. The molecule has 0 radical (unpaired) electrons. The van der Waals surface area contributed by atoms with Gasteiger partial charge in [-0.25, -0.2) is 4.99 Å². The molecule has 5 rings (SSSR count). The number of aliphatic hydroxyl groups excluding tert-OH is 1. The highest BCUT2D eigenvalue weighted by atomic mass is 16.7. The molecule has 13 nitrogen and oxygen atoms in total. The Balaban J connectivity index is 1.62. The van der Waals surface area contributed by atoms with Crippen molar-refractivity contribution in [1.82, 2.24) is 4.90 Å². The normalized spacial score (nSPS) is 46.1. The monoisotopic (exact) mass is 750 g/mol. The third kappa shape index (κ3) is 8.04. The molecule has 0 amide bonds. The molecule has 1 N–H and O–H groups in total. The first-order chi connectivity index (χ1) is 24.8. The maximum Gasteiger partial charge on any atom is 0.311 e. The quantitative estimate of drug-likeness (QED) is 0.324. The Kier molecular flexibility index (Phi) is 12.7. The second-order valence-electron chi connectivity index (χ2n) is 16.6. The molecule has 5 aliphatic heterocycles. The van der Waals surface area contributed by atoms with Crippen molar-refractivity contribution in [3.63, 3.8) is 0 Å². The number of hydrogen-bond acceptors (Lipinski definition) is 12. The Bertz CT molecular complexity index is 1420. The minimum absolute atomic E-state index is 0.0173. The van der Waals surface area contributed by atoms with E-state index in [2.05, 4.69) is 9.89 Å². The first kappa shape index (κ1) is 41.9. The number of methoxy groups -OCH3 is 2. The van der Waals surface area contributed by atoms with Gasteiger partial charge in [0, 0.05) is 46.6 Å². The van der Waals surface area contributed by atoms with Crippen molar-refractivity contribution in [2.75, 3.05) is 27.8 Å². The molecular weight excluding hydrogens is 684 g/mol. The van der Waals surface area contributed by atoms with E-state index in [9.17, 15) is 9.90 Å². The number of nitrogens with zero attached hydrogens (tertiary/aromatic N) is 2. The molecule has 302 valence electrons. The highest BCUT2D eigenvalue weighted by Crippen LogP contribution is 2.45. The summed E-state index contributed by atoms with van der Waals surface area (Å²) in [6.45, 7) is 22.1. The van der Waals surface area contributed by atoms with Crippen molar-refractivity contribution >= 4 is 12.0 Å². The molecule has 0 saturated carbocycles. The number of ether oxygens (including phenoxy) is 9. The molecule has 15 atom stereocenters. The molecule has 13 heteroatoms. The highest BCUT2D eigenvalue weighted by Gasteiger charge is 2.55. The number of esters is 1. The third-order valence-corrected chi connectivity index (χ3v) is 12.4. The number of aliphatic imine (C=N–C) groups is 1. The maximum atomic E-state index is 14.4. The van der Waals surface area contributed by atoms with Gasteiger partial charge in [0.2, 0.25) is 0 Å². The van der Waals surface area contributed by atoms with Crippen LogP contribution in [0.25, 0.3) is 0 Å². The Hall–Kier alpha value is -2.26. The summed E-state index contributed by atoms with van der Waals surface area (Å²) in [7, 11) is 5.24. The molecule has 0 spiro atoms. The summed E-state index contributed by atoms with van der Waals surface area (Å²) in [4.78, 5) is 21.0. The Labute approximate surface area is 316 Å². The number of carbonyl (C=O) groups excluding carboxylic acids is 1. The molecule has 3 saturated heterocycles. The predicted molar refractivity (Wildman–Crippen MR) is 198 cm³/mol.